The molecule has 2 saturated heterocycles. The zero-order valence-electron chi connectivity index (χ0n) is 16.1. The largest absolute Gasteiger partial charge is 0.342 e. The standard InChI is InChI=1S/C21H29N5O/c1-24-11-2-3-19(16-24)21(27)25-12-6-18(7-13-25)20-23-10-14-26(20)15-17-4-8-22-9-5-17/h4-5,8-10,14,18-19H,2-3,6-7,11-13,15-16H2,1H3/t19-/m1/s1. The Morgan fingerprint density at radius 2 is 1.89 bits per heavy atom. The number of carbonyl (C=O) groups excluding carboxylic acids is 1. The highest BCUT2D eigenvalue weighted by Crippen LogP contribution is 2.29. The SMILES string of the molecule is CN1CCC[C@@H](C(=O)N2CCC(c3nccn3Cc3ccncc3)CC2)C1. The van der Waals surface area contributed by atoms with Gasteiger partial charge in [-0.2, -0.15) is 0 Å². The highest BCUT2D eigenvalue weighted by atomic mass is 16.2. The van der Waals surface area contributed by atoms with E-state index in [0.717, 1.165) is 64.2 Å². The molecule has 0 spiro atoms. The van der Waals surface area contributed by atoms with Gasteiger partial charge in [0.25, 0.3) is 0 Å². The molecule has 0 saturated carbocycles. The van der Waals surface area contributed by atoms with Crippen LogP contribution in [-0.2, 0) is 11.3 Å². The zero-order chi connectivity index (χ0) is 18.6. The lowest BCUT2D eigenvalue weighted by molar-refractivity contribution is -0.138. The van der Waals surface area contributed by atoms with E-state index in [9.17, 15) is 4.79 Å². The average molecular weight is 367 g/mol. The van der Waals surface area contributed by atoms with Gasteiger partial charge in [0.1, 0.15) is 5.82 Å². The number of hydrogen-bond acceptors (Lipinski definition) is 4. The maximum atomic E-state index is 12.9. The average Bonchev–Trinajstić information content (AvgIpc) is 3.16. The molecule has 0 aliphatic carbocycles. The monoisotopic (exact) mass is 367 g/mol. The Labute approximate surface area is 161 Å². The highest BCUT2D eigenvalue weighted by Gasteiger charge is 2.31. The van der Waals surface area contributed by atoms with Gasteiger partial charge in [0, 0.05) is 56.9 Å². The molecule has 4 heterocycles. The van der Waals surface area contributed by atoms with Crippen LogP contribution in [0, 0.1) is 5.92 Å². The number of hydrogen-bond donors (Lipinski definition) is 0. The van der Waals surface area contributed by atoms with Crippen LogP contribution in [0.2, 0.25) is 0 Å². The minimum Gasteiger partial charge on any atom is -0.342 e. The maximum absolute atomic E-state index is 12.9. The van der Waals surface area contributed by atoms with Crippen LogP contribution in [0.3, 0.4) is 0 Å². The molecule has 2 aliphatic heterocycles. The van der Waals surface area contributed by atoms with Crippen LogP contribution < -0.4 is 0 Å². The van der Waals surface area contributed by atoms with E-state index in [4.69, 9.17) is 0 Å². The molecule has 1 atom stereocenters. The van der Waals surface area contributed by atoms with E-state index in [0.29, 0.717) is 11.8 Å². The summed E-state index contributed by atoms with van der Waals surface area (Å²) >= 11 is 0. The fraction of sp³-hybridized carbons (Fsp3) is 0.571. The molecule has 144 valence electrons. The molecule has 4 rings (SSSR count). The van der Waals surface area contributed by atoms with Gasteiger partial charge in [-0.1, -0.05) is 0 Å². The van der Waals surface area contributed by atoms with Crippen molar-refractivity contribution in [1.29, 1.82) is 0 Å². The van der Waals surface area contributed by atoms with Crippen molar-refractivity contribution in [3.05, 3.63) is 48.3 Å². The number of rotatable bonds is 4. The molecule has 27 heavy (non-hydrogen) atoms. The van der Waals surface area contributed by atoms with Crippen molar-refractivity contribution >= 4 is 5.91 Å². The van der Waals surface area contributed by atoms with Crippen LogP contribution in [0.25, 0.3) is 0 Å². The molecular formula is C21H29N5O. The van der Waals surface area contributed by atoms with Gasteiger partial charge in [-0.15, -0.1) is 0 Å². The normalized spacial score (nSPS) is 22.1. The number of pyridine rings is 1. The summed E-state index contributed by atoms with van der Waals surface area (Å²) in [6.45, 7) is 4.56. The highest BCUT2D eigenvalue weighted by molar-refractivity contribution is 5.79. The fourth-order valence-corrected chi connectivity index (χ4v) is 4.48. The summed E-state index contributed by atoms with van der Waals surface area (Å²) in [6.07, 6.45) is 11.8. The summed E-state index contributed by atoms with van der Waals surface area (Å²) in [5.41, 5.74) is 1.23. The number of imidazole rings is 1. The van der Waals surface area contributed by atoms with Crippen LogP contribution in [0.15, 0.2) is 36.9 Å². The predicted octanol–water partition coefficient (Wildman–Crippen LogP) is 2.37. The molecule has 1 amide bonds. The summed E-state index contributed by atoms with van der Waals surface area (Å²) < 4.78 is 2.24. The van der Waals surface area contributed by atoms with Crippen molar-refractivity contribution in [1.82, 2.24) is 24.3 Å². The predicted molar refractivity (Wildman–Crippen MR) is 104 cm³/mol. The molecule has 2 aromatic rings. The van der Waals surface area contributed by atoms with E-state index in [-0.39, 0.29) is 5.92 Å². The quantitative estimate of drug-likeness (QED) is 0.833. The minimum atomic E-state index is 0.189. The van der Waals surface area contributed by atoms with E-state index in [1.165, 1.54) is 5.56 Å². The summed E-state index contributed by atoms with van der Waals surface area (Å²) in [5.74, 6) is 2.13. The Hall–Kier alpha value is -2.21. The van der Waals surface area contributed by atoms with Gasteiger partial charge in [0.2, 0.25) is 5.91 Å². The Bertz CT molecular complexity index is 751. The van der Waals surface area contributed by atoms with Crippen molar-refractivity contribution < 1.29 is 4.79 Å². The van der Waals surface area contributed by atoms with Crippen molar-refractivity contribution in [3.63, 3.8) is 0 Å². The van der Waals surface area contributed by atoms with Crippen LogP contribution in [0.5, 0.6) is 0 Å². The summed E-state index contributed by atoms with van der Waals surface area (Å²) in [6, 6.07) is 4.10. The van der Waals surface area contributed by atoms with Gasteiger partial charge < -0.3 is 14.4 Å². The van der Waals surface area contributed by atoms with Crippen molar-refractivity contribution in [2.24, 2.45) is 5.92 Å². The maximum Gasteiger partial charge on any atom is 0.226 e. The fourth-order valence-electron chi connectivity index (χ4n) is 4.48. The molecule has 0 radical (unpaired) electrons. The second-order valence-corrected chi connectivity index (χ2v) is 7.97. The Balaban J connectivity index is 1.36. The first-order valence-electron chi connectivity index (χ1n) is 10.1. The minimum absolute atomic E-state index is 0.189. The van der Waals surface area contributed by atoms with E-state index in [1.807, 2.05) is 30.7 Å². The first-order chi connectivity index (χ1) is 13.2. The molecule has 2 aromatic heterocycles. The van der Waals surface area contributed by atoms with E-state index < -0.39 is 0 Å². The van der Waals surface area contributed by atoms with Crippen LogP contribution in [0.1, 0.15) is 43.0 Å². The molecule has 2 aliphatic rings. The smallest absolute Gasteiger partial charge is 0.226 e. The number of amides is 1. The lowest BCUT2D eigenvalue weighted by Crippen LogP contribution is -2.46. The third-order valence-electron chi connectivity index (χ3n) is 6.00. The molecule has 6 nitrogen and oxygen atoms in total. The number of likely N-dealkylation sites (tertiary alicyclic amines) is 2. The van der Waals surface area contributed by atoms with Crippen molar-refractivity contribution in [2.45, 2.75) is 38.1 Å². The summed E-state index contributed by atoms with van der Waals surface area (Å²) in [5, 5.41) is 0. The second kappa shape index (κ2) is 8.21. The topological polar surface area (TPSA) is 54.3 Å². The van der Waals surface area contributed by atoms with E-state index in [1.54, 1.807) is 0 Å². The number of nitrogens with zero attached hydrogens (tertiary/aromatic N) is 5. The van der Waals surface area contributed by atoms with Gasteiger partial charge in [-0.3, -0.25) is 9.78 Å². The lowest BCUT2D eigenvalue weighted by Gasteiger charge is -2.36. The molecule has 2 fully saturated rings. The molecule has 0 N–H and O–H groups in total. The first-order valence-corrected chi connectivity index (χ1v) is 10.1. The van der Waals surface area contributed by atoms with Crippen molar-refractivity contribution in [3.8, 4) is 0 Å². The van der Waals surface area contributed by atoms with E-state index in [2.05, 4.69) is 37.6 Å². The van der Waals surface area contributed by atoms with E-state index >= 15 is 0 Å². The number of carbonyl (C=O) groups is 1. The summed E-state index contributed by atoms with van der Waals surface area (Å²) in [4.78, 5) is 26.0. The van der Waals surface area contributed by atoms with Crippen LogP contribution in [-0.4, -0.2) is 63.5 Å². The van der Waals surface area contributed by atoms with Gasteiger partial charge in [0.15, 0.2) is 0 Å². The van der Waals surface area contributed by atoms with Gasteiger partial charge >= 0.3 is 0 Å². The number of piperidine rings is 2. The Kier molecular flexibility index (Phi) is 5.53. The molecule has 0 bridgehead atoms. The molecule has 0 aromatic carbocycles. The Morgan fingerprint density at radius 1 is 1.11 bits per heavy atom. The van der Waals surface area contributed by atoms with Crippen LogP contribution >= 0.6 is 0 Å². The third-order valence-corrected chi connectivity index (χ3v) is 6.00. The van der Waals surface area contributed by atoms with Gasteiger partial charge in [-0.25, -0.2) is 4.98 Å². The summed E-state index contributed by atoms with van der Waals surface area (Å²) in [7, 11) is 2.12. The Morgan fingerprint density at radius 3 is 2.63 bits per heavy atom. The first kappa shape index (κ1) is 18.2. The molecular weight excluding hydrogens is 338 g/mol. The zero-order valence-corrected chi connectivity index (χ0v) is 16.1. The van der Waals surface area contributed by atoms with Gasteiger partial charge in [-0.05, 0) is 57.0 Å². The molecule has 0 unspecified atom stereocenters. The van der Waals surface area contributed by atoms with Gasteiger partial charge in [0.05, 0.1) is 5.92 Å². The number of aromatic nitrogens is 3. The third kappa shape index (κ3) is 4.21. The van der Waals surface area contributed by atoms with Crippen LogP contribution in [0.4, 0.5) is 0 Å². The van der Waals surface area contributed by atoms with Crippen molar-refractivity contribution in [2.75, 3.05) is 33.2 Å². The molecule has 6 heteroatoms. The second-order valence-electron chi connectivity index (χ2n) is 7.97. The lowest BCUT2D eigenvalue weighted by atomic mass is 9.92.